The summed E-state index contributed by atoms with van der Waals surface area (Å²) in [6.07, 6.45) is 2.60. The quantitative estimate of drug-likeness (QED) is 0.628. The average Bonchev–Trinajstić information content (AvgIpc) is 2.18. The summed E-state index contributed by atoms with van der Waals surface area (Å²) in [6.45, 7) is 9.36. The molecule has 3 nitrogen and oxygen atoms in total. The Bertz CT molecular complexity index is 133. The molecule has 0 aromatic rings. The van der Waals surface area contributed by atoms with Gasteiger partial charge in [-0.1, -0.05) is 13.8 Å². The van der Waals surface area contributed by atoms with Crippen LogP contribution in [0.2, 0.25) is 0 Å². The van der Waals surface area contributed by atoms with Crippen LogP contribution >= 0.6 is 0 Å². The molecule has 1 aliphatic rings. The standard InChI is InChI=1S/C11H24N2O/c1-10(2)9-14-7-6-13-11-4-3-5-12-8-11/h10-13H,3-9H2,1-2H3. The minimum atomic E-state index is 0.645. The van der Waals surface area contributed by atoms with Gasteiger partial charge in [0.25, 0.3) is 0 Å². The number of nitrogens with one attached hydrogen (secondary N) is 2. The van der Waals surface area contributed by atoms with Gasteiger partial charge in [-0.05, 0) is 25.3 Å². The van der Waals surface area contributed by atoms with Crippen LogP contribution in [0.4, 0.5) is 0 Å². The lowest BCUT2D eigenvalue weighted by molar-refractivity contribution is 0.109. The van der Waals surface area contributed by atoms with Crippen LogP contribution in [-0.4, -0.2) is 38.9 Å². The monoisotopic (exact) mass is 200 g/mol. The molecule has 0 aromatic carbocycles. The molecule has 0 spiro atoms. The van der Waals surface area contributed by atoms with E-state index in [9.17, 15) is 0 Å². The van der Waals surface area contributed by atoms with Crippen molar-refractivity contribution in [2.75, 3.05) is 32.8 Å². The number of ether oxygens (including phenoxy) is 1. The van der Waals surface area contributed by atoms with Gasteiger partial charge in [0.05, 0.1) is 6.61 Å². The van der Waals surface area contributed by atoms with E-state index in [4.69, 9.17) is 4.74 Å². The van der Waals surface area contributed by atoms with Crippen molar-refractivity contribution in [1.29, 1.82) is 0 Å². The van der Waals surface area contributed by atoms with E-state index < -0.39 is 0 Å². The van der Waals surface area contributed by atoms with E-state index in [1.54, 1.807) is 0 Å². The molecule has 0 bridgehead atoms. The summed E-state index contributed by atoms with van der Waals surface area (Å²) in [5.74, 6) is 0.645. The smallest absolute Gasteiger partial charge is 0.0591 e. The Labute approximate surface area is 87.6 Å². The Morgan fingerprint density at radius 1 is 1.50 bits per heavy atom. The second kappa shape index (κ2) is 7.21. The van der Waals surface area contributed by atoms with Gasteiger partial charge in [-0.2, -0.15) is 0 Å². The molecular formula is C11H24N2O. The predicted molar refractivity (Wildman–Crippen MR) is 59.6 cm³/mol. The third kappa shape index (κ3) is 5.58. The third-order valence-electron chi connectivity index (χ3n) is 2.43. The Morgan fingerprint density at radius 2 is 2.36 bits per heavy atom. The summed E-state index contributed by atoms with van der Waals surface area (Å²) in [5, 5.41) is 6.90. The van der Waals surface area contributed by atoms with E-state index in [1.807, 2.05) is 0 Å². The van der Waals surface area contributed by atoms with E-state index in [0.717, 1.165) is 26.3 Å². The first-order valence-corrected chi connectivity index (χ1v) is 5.81. The Balaban J connectivity index is 1.87. The molecule has 3 heteroatoms. The molecule has 1 saturated heterocycles. The molecule has 14 heavy (non-hydrogen) atoms. The Morgan fingerprint density at radius 3 is 3.00 bits per heavy atom. The van der Waals surface area contributed by atoms with Crippen LogP contribution in [0.15, 0.2) is 0 Å². The van der Waals surface area contributed by atoms with Crippen LogP contribution in [0.1, 0.15) is 26.7 Å². The number of hydrogen-bond donors (Lipinski definition) is 2. The first-order valence-electron chi connectivity index (χ1n) is 5.81. The zero-order chi connectivity index (χ0) is 10.2. The van der Waals surface area contributed by atoms with Crippen LogP contribution in [-0.2, 0) is 4.74 Å². The minimum Gasteiger partial charge on any atom is -0.380 e. The third-order valence-corrected chi connectivity index (χ3v) is 2.43. The van der Waals surface area contributed by atoms with Crippen molar-refractivity contribution >= 4 is 0 Å². The Hall–Kier alpha value is -0.120. The van der Waals surface area contributed by atoms with Crippen LogP contribution < -0.4 is 10.6 Å². The fraction of sp³-hybridized carbons (Fsp3) is 1.00. The molecule has 84 valence electrons. The lowest BCUT2D eigenvalue weighted by Gasteiger charge is -2.23. The zero-order valence-electron chi connectivity index (χ0n) is 9.51. The highest BCUT2D eigenvalue weighted by atomic mass is 16.5. The van der Waals surface area contributed by atoms with Crippen molar-refractivity contribution in [3.63, 3.8) is 0 Å². The van der Waals surface area contributed by atoms with Gasteiger partial charge in [-0.3, -0.25) is 0 Å². The number of hydrogen-bond acceptors (Lipinski definition) is 3. The lowest BCUT2D eigenvalue weighted by atomic mass is 10.1. The van der Waals surface area contributed by atoms with Crippen LogP contribution in [0.25, 0.3) is 0 Å². The molecule has 0 aliphatic carbocycles. The molecular weight excluding hydrogens is 176 g/mol. The molecule has 1 rings (SSSR count). The SMILES string of the molecule is CC(C)COCCNC1CCCNC1. The van der Waals surface area contributed by atoms with Crippen molar-refractivity contribution in [3.8, 4) is 0 Å². The van der Waals surface area contributed by atoms with Crippen molar-refractivity contribution in [2.24, 2.45) is 5.92 Å². The highest BCUT2D eigenvalue weighted by Gasteiger charge is 2.10. The number of piperidine rings is 1. The molecule has 0 saturated carbocycles. The fourth-order valence-electron chi connectivity index (χ4n) is 1.68. The maximum Gasteiger partial charge on any atom is 0.0591 e. The maximum absolute atomic E-state index is 5.50. The molecule has 1 unspecified atom stereocenters. The Kier molecular flexibility index (Phi) is 6.15. The van der Waals surface area contributed by atoms with Gasteiger partial charge in [0.2, 0.25) is 0 Å². The van der Waals surface area contributed by atoms with Crippen molar-refractivity contribution < 1.29 is 4.74 Å². The van der Waals surface area contributed by atoms with E-state index in [-0.39, 0.29) is 0 Å². The molecule has 0 radical (unpaired) electrons. The first kappa shape index (κ1) is 12.0. The van der Waals surface area contributed by atoms with E-state index in [1.165, 1.54) is 19.4 Å². The first-order chi connectivity index (χ1) is 6.79. The highest BCUT2D eigenvalue weighted by molar-refractivity contribution is 4.74. The van der Waals surface area contributed by atoms with Gasteiger partial charge in [0, 0.05) is 25.7 Å². The van der Waals surface area contributed by atoms with Crippen molar-refractivity contribution in [2.45, 2.75) is 32.7 Å². The fourth-order valence-corrected chi connectivity index (χ4v) is 1.68. The zero-order valence-corrected chi connectivity index (χ0v) is 9.51. The lowest BCUT2D eigenvalue weighted by Crippen LogP contribution is -2.44. The van der Waals surface area contributed by atoms with Gasteiger partial charge >= 0.3 is 0 Å². The van der Waals surface area contributed by atoms with Crippen LogP contribution in [0.3, 0.4) is 0 Å². The van der Waals surface area contributed by atoms with Gasteiger partial charge in [0.1, 0.15) is 0 Å². The molecule has 2 N–H and O–H groups in total. The second-order valence-corrected chi connectivity index (χ2v) is 4.47. The summed E-state index contributed by atoms with van der Waals surface area (Å²) >= 11 is 0. The summed E-state index contributed by atoms with van der Waals surface area (Å²) in [5.41, 5.74) is 0. The molecule has 0 aromatic heterocycles. The second-order valence-electron chi connectivity index (χ2n) is 4.47. The van der Waals surface area contributed by atoms with Crippen LogP contribution in [0, 0.1) is 5.92 Å². The predicted octanol–water partition coefficient (Wildman–Crippen LogP) is 1.00. The van der Waals surface area contributed by atoms with Gasteiger partial charge in [-0.15, -0.1) is 0 Å². The molecule has 1 aliphatic heterocycles. The topological polar surface area (TPSA) is 33.3 Å². The largest absolute Gasteiger partial charge is 0.380 e. The maximum atomic E-state index is 5.50. The summed E-state index contributed by atoms with van der Waals surface area (Å²) < 4.78 is 5.50. The van der Waals surface area contributed by atoms with E-state index >= 15 is 0 Å². The minimum absolute atomic E-state index is 0.645. The van der Waals surface area contributed by atoms with Gasteiger partial charge in [0.15, 0.2) is 0 Å². The molecule has 1 heterocycles. The summed E-state index contributed by atoms with van der Waals surface area (Å²) in [7, 11) is 0. The molecule has 1 atom stereocenters. The summed E-state index contributed by atoms with van der Waals surface area (Å²) in [4.78, 5) is 0. The van der Waals surface area contributed by atoms with Crippen molar-refractivity contribution in [1.82, 2.24) is 10.6 Å². The molecule has 0 amide bonds. The molecule has 1 fully saturated rings. The average molecular weight is 200 g/mol. The summed E-state index contributed by atoms with van der Waals surface area (Å²) in [6, 6.07) is 0.659. The normalized spacial score (nSPS) is 22.9. The van der Waals surface area contributed by atoms with E-state index in [0.29, 0.717) is 12.0 Å². The van der Waals surface area contributed by atoms with Crippen LogP contribution in [0.5, 0.6) is 0 Å². The van der Waals surface area contributed by atoms with Crippen molar-refractivity contribution in [3.05, 3.63) is 0 Å². The van der Waals surface area contributed by atoms with Gasteiger partial charge in [-0.25, -0.2) is 0 Å². The van der Waals surface area contributed by atoms with E-state index in [2.05, 4.69) is 24.5 Å². The highest BCUT2D eigenvalue weighted by Crippen LogP contribution is 2.00. The van der Waals surface area contributed by atoms with Gasteiger partial charge < -0.3 is 15.4 Å². The number of rotatable bonds is 6.